The minimum atomic E-state index is -1.06. The molecule has 1 heterocycles. The Labute approximate surface area is 158 Å². The van der Waals surface area contributed by atoms with Crippen LogP contribution in [-0.4, -0.2) is 36.7 Å². The Morgan fingerprint density at radius 3 is 2.37 bits per heavy atom. The summed E-state index contributed by atoms with van der Waals surface area (Å²) in [6, 6.07) is 14.2. The summed E-state index contributed by atoms with van der Waals surface area (Å²) in [4.78, 5) is 26.0. The van der Waals surface area contributed by atoms with Crippen LogP contribution in [0.1, 0.15) is 36.0 Å². The number of benzene rings is 2. The predicted molar refractivity (Wildman–Crippen MR) is 105 cm³/mol. The normalized spacial score (nSPS) is 14.3. The van der Waals surface area contributed by atoms with Gasteiger partial charge in [-0.15, -0.1) is 0 Å². The van der Waals surface area contributed by atoms with E-state index in [-0.39, 0.29) is 17.9 Å². The first-order valence-electron chi connectivity index (χ1n) is 9.23. The van der Waals surface area contributed by atoms with E-state index < -0.39 is 11.9 Å². The first kappa shape index (κ1) is 18.8. The van der Waals surface area contributed by atoms with E-state index in [1.807, 2.05) is 24.3 Å². The maximum absolute atomic E-state index is 12.2. The zero-order valence-corrected chi connectivity index (χ0v) is 15.2. The van der Waals surface area contributed by atoms with Crippen LogP contribution in [0.25, 0.3) is 0 Å². The zero-order valence-electron chi connectivity index (χ0n) is 15.2. The number of hydrogen-bond donors (Lipinski definition) is 2. The first-order chi connectivity index (χ1) is 13.1. The Bertz CT molecular complexity index is 784. The third kappa shape index (κ3) is 5.23. The number of ether oxygens (including phenoxy) is 1. The van der Waals surface area contributed by atoms with Crippen molar-refractivity contribution < 1.29 is 19.4 Å². The van der Waals surface area contributed by atoms with Gasteiger partial charge in [0.1, 0.15) is 5.75 Å². The molecule has 1 amide bonds. The van der Waals surface area contributed by atoms with Crippen LogP contribution in [0.4, 0.5) is 11.4 Å². The quantitative estimate of drug-likeness (QED) is 0.811. The highest BCUT2D eigenvalue weighted by Crippen LogP contribution is 2.26. The predicted octanol–water partition coefficient (Wildman–Crippen LogP) is 3.78. The van der Waals surface area contributed by atoms with Crippen LogP contribution in [0.3, 0.4) is 0 Å². The fraction of sp³-hybridized carbons (Fsp3) is 0.333. The largest absolute Gasteiger partial charge is 0.484 e. The standard InChI is InChI=1S/C21H24N2O4/c24-20(15-27-17-8-4-3-5-9-17)22-19-11-10-16(14-18(19)21(25)26)23-12-6-1-2-7-13-23/h3-5,8-11,14H,1-2,6-7,12-13,15H2,(H,22,24)(H,25,26). The van der Waals surface area contributed by atoms with E-state index in [0.29, 0.717) is 5.75 Å². The second kappa shape index (κ2) is 9.07. The lowest BCUT2D eigenvalue weighted by Crippen LogP contribution is -2.25. The highest BCUT2D eigenvalue weighted by atomic mass is 16.5. The maximum Gasteiger partial charge on any atom is 0.337 e. The van der Waals surface area contributed by atoms with E-state index >= 15 is 0 Å². The molecule has 0 atom stereocenters. The van der Waals surface area contributed by atoms with E-state index in [9.17, 15) is 14.7 Å². The number of anilines is 2. The molecule has 142 valence electrons. The summed E-state index contributed by atoms with van der Waals surface area (Å²) in [5.74, 6) is -0.877. The number of carbonyl (C=O) groups is 2. The van der Waals surface area contributed by atoms with Gasteiger partial charge in [-0.1, -0.05) is 31.0 Å². The Balaban J connectivity index is 1.68. The highest BCUT2D eigenvalue weighted by Gasteiger charge is 2.17. The van der Waals surface area contributed by atoms with E-state index in [1.54, 1.807) is 24.3 Å². The lowest BCUT2D eigenvalue weighted by molar-refractivity contribution is -0.118. The Hall–Kier alpha value is -3.02. The van der Waals surface area contributed by atoms with Crippen LogP contribution >= 0.6 is 0 Å². The van der Waals surface area contributed by atoms with Crippen LogP contribution in [0.5, 0.6) is 5.75 Å². The molecule has 6 nitrogen and oxygen atoms in total. The van der Waals surface area contributed by atoms with Gasteiger partial charge in [-0.2, -0.15) is 0 Å². The van der Waals surface area contributed by atoms with Crippen molar-refractivity contribution in [3.8, 4) is 5.75 Å². The van der Waals surface area contributed by atoms with Gasteiger partial charge in [-0.3, -0.25) is 4.79 Å². The molecule has 27 heavy (non-hydrogen) atoms. The zero-order chi connectivity index (χ0) is 19.1. The lowest BCUT2D eigenvalue weighted by atomic mass is 10.1. The van der Waals surface area contributed by atoms with Gasteiger partial charge in [0.15, 0.2) is 6.61 Å². The molecule has 1 aliphatic heterocycles. The summed E-state index contributed by atoms with van der Waals surface area (Å²) in [5.41, 5.74) is 1.25. The summed E-state index contributed by atoms with van der Waals surface area (Å²) in [7, 11) is 0. The molecular weight excluding hydrogens is 344 g/mol. The summed E-state index contributed by atoms with van der Waals surface area (Å²) in [6.45, 7) is 1.67. The van der Waals surface area contributed by atoms with E-state index in [1.165, 1.54) is 12.8 Å². The second-order valence-electron chi connectivity index (χ2n) is 6.59. The van der Waals surface area contributed by atoms with Gasteiger partial charge < -0.3 is 20.1 Å². The van der Waals surface area contributed by atoms with Gasteiger partial charge in [0.25, 0.3) is 5.91 Å². The SMILES string of the molecule is O=C(COc1ccccc1)Nc1ccc(N2CCCCCC2)cc1C(=O)O. The molecule has 1 fully saturated rings. The Morgan fingerprint density at radius 1 is 1.00 bits per heavy atom. The van der Waals surface area contributed by atoms with E-state index in [0.717, 1.165) is 31.6 Å². The van der Waals surface area contributed by atoms with Crippen LogP contribution in [-0.2, 0) is 4.79 Å². The monoisotopic (exact) mass is 368 g/mol. The molecule has 0 aromatic heterocycles. The van der Waals surface area contributed by atoms with Crippen molar-refractivity contribution in [2.24, 2.45) is 0 Å². The third-order valence-electron chi connectivity index (χ3n) is 4.59. The molecular formula is C21H24N2O4. The van der Waals surface area contributed by atoms with E-state index in [4.69, 9.17) is 4.74 Å². The first-order valence-corrected chi connectivity index (χ1v) is 9.23. The number of carbonyl (C=O) groups excluding carboxylic acids is 1. The van der Waals surface area contributed by atoms with Crippen LogP contribution in [0.15, 0.2) is 48.5 Å². The van der Waals surface area contributed by atoms with Crippen molar-refractivity contribution in [1.29, 1.82) is 0 Å². The van der Waals surface area contributed by atoms with Crippen molar-refractivity contribution in [3.05, 3.63) is 54.1 Å². The topological polar surface area (TPSA) is 78.9 Å². The number of para-hydroxylation sites is 1. The number of rotatable bonds is 6. The maximum atomic E-state index is 12.2. The average molecular weight is 368 g/mol. The number of nitrogens with zero attached hydrogens (tertiary/aromatic N) is 1. The van der Waals surface area contributed by atoms with Crippen LogP contribution in [0.2, 0.25) is 0 Å². The molecule has 1 saturated heterocycles. The number of amides is 1. The van der Waals surface area contributed by atoms with Crippen molar-refractivity contribution in [2.45, 2.75) is 25.7 Å². The summed E-state index contributed by atoms with van der Waals surface area (Å²) < 4.78 is 5.41. The van der Waals surface area contributed by atoms with Gasteiger partial charge in [0, 0.05) is 18.8 Å². The molecule has 3 rings (SSSR count). The molecule has 0 unspecified atom stereocenters. The molecule has 0 radical (unpaired) electrons. The highest BCUT2D eigenvalue weighted by molar-refractivity contribution is 6.01. The number of aromatic carboxylic acids is 1. The van der Waals surface area contributed by atoms with E-state index in [2.05, 4.69) is 10.2 Å². The van der Waals surface area contributed by atoms with Gasteiger partial charge in [-0.05, 0) is 43.2 Å². The molecule has 1 aliphatic rings. The minimum absolute atomic E-state index is 0.0878. The summed E-state index contributed by atoms with van der Waals surface area (Å²) in [5, 5.41) is 12.2. The summed E-state index contributed by atoms with van der Waals surface area (Å²) >= 11 is 0. The fourth-order valence-electron chi connectivity index (χ4n) is 3.20. The molecule has 2 aromatic rings. The molecule has 2 N–H and O–H groups in total. The number of carboxylic acids is 1. The van der Waals surface area contributed by atoms with Gasteiger partial charge in [0.05, 0.1) is 11.3 Å². The number of carboxylic acid groups (broad SMARTS) is 1. The second-order valence-corrected chi connectivity index (χ2v) is 6.59. The lowest BCUT2D eigenvalue weighted by Gasteiger charge is -2.23. The van der Waals surface area contributed by atoms with Crippen LogP contribution < -0.4 is 15.0 Å². The molecule has 0 aliphatic carbocycles. The summed E-state index contributed by atoms with van der Waals surface area (Å²) in [6.07, 6.45) is 4.63. The van der Waals surface area contributed by atoms with Gasteiger partial charge in [-0.25, -0.2) is 4.79 Å². The van der Waals surface area contributed by atoms with Gasteiger partial charge >= 0.3 is 5.97 Å². The molecule has 0 spiro atoms. The average Bonchev–Trinajstić information content (AvgIpc) is 2.97. The molecule has 6 heteroatoms. The minimum Gasteiger partial charge on any atom is -0.484 e. The van der Waals surface area contributed by atoms with Crippen molar-refractivity contribution in [2.75, 3.05) is 29.9 Å². The smallest absolute Gasteiger partial charge is 0.337 e. The van der Waals surface area contributed by atoms with Crippen molar-refractivity contribution in [3.63, 3.8) is 0 Å². The van der Waals surface area contributed by atoms with Crippen molar-refractivity contribution in [1.82, 2.24) is 0 Å². The molecule has 0 saturated carbocycles. The molecule has 2 aromatic carbocycles. The van der Waals surface area contributed by atoms with Gasteiger partial charge in [0.2, 0.25) is 0 Å². The molecule has 0 bridgehead atoms. The fourth-order valence-corrected chi connectivity index (χ4v) is 3.20. The Kier molecular flexibility index (Phi) is 6.30. The Morgan fingerprint density at radius 2 is 1.70 bits per heavy atom. The van der Waals surface area contributed by atoms with Crippen LogP contribution in [0, 0.1) is 0 Å². The van der Waals surface area contributed by atoms with Crippen molar-refractivity contribution >= 4 is 23.3 Å². The number of hydrogen-bond acceptors (Lipinski definition) is 4. The number of nitrogens with one attached hydrogen (secondary N) is 1. The third-order valence-corrected chi connectivity index (χ3v) is 4.59.